The van der Waals surface area contributed by atoms with Crippen molar-refractivity contribution in [3.05, 3.63) is 30.6 Å². The molecule has 1 amide bonds. The van der Waals surface area contributed by atoms with Crippen molar-refractivity contribution >= 4 is 16.9 Å². The number of fused-ring (bicyclic) bond motifs is 1. The number of nitrogens with zero attached hydrogens (tertiary/aromatic N) is 3. The maximum Gasteiger partial charge on any atom is 0.242 e. The van der Waals surface area contributed by atoms with Gasteiger partial charge in [-0.1, -0.05) is 12.1 Å². The van der Waals surface area contributed by atoms with E-state index >= 15 is 0 Å². The third-order valence-corrected chi connectivity index (χ3v) is 2.80. The molecule has 0 bridgehead atoms. The maximum atomic E-state index is 12.0. The standard InChI is InChI=1S/C13H17N3O2/c1-10(17)7-15(2)13(18)8-16-9-14-11-5-3-4-6-12(11)16/h3-6,9-10,17H,7-8H2,1-2H3. The number of benzene rings is 1. The molecule has 0 saturated heterocycles. The highest BCUT2D eigenvalue weighted by Gasteiger charge is 2.12. The molecule has 1 aromatic carbocycles. The molecule has 2 rings (SSSR count). The minimum absolute atomic E-state index is 0.0425. The Bertz CT molecular complexity index is 548. The Morgan fingerprint density at radius 1 is 1.50 bits per heavy atom. The number of aromatic nitrogens is 2. The van der Waals surface area contributed by atoms with Gasteiger partial charge in [0.15, 0.2) is 0 Å². The molecule has 0 fully saturated rings. The van der Waals surface area contributed by atoms with Crippen molar-refractivity contribution in [1.29, 1.82) is 0 Å². The van der Waals surface area contributed by atoms with Crippen LogP contribution in [0.3, 0.4) is 0 Å². The van der Waals surface area contributed by atoms with Crippen molar-refractivity contribution in [3.63, 3.8) is 0 Å². The Morgan fingerprint density at radius 3 is 2.94 bits per heavy atom. The number of rotatable bonds is 4. The summed E-state index contributed by atoms with van der Waals surface area (Å²) in [4.78, 5) is 17.7. The van der Waals surface area contributed by atoms with Gasteiger partial charge in [-0.15, -0.1) is 0 Å². The van der Waals surface area contributed by atoms with Crippen LogP contribution in [0.1, 0.15) is 6.92 Å². The molecule has 1 N–H and O–H groups in total. The van der Waals surface area contributed by atoms with Crippen LogP contribution in [0.5, 0.6) is 0 Å². The molecule has 18 heavy (non-hydrogen) atoms. The minimum Gasteiger partial charge on any atom is -0.392 e. The highest BCUT2D eigenvalue weighted by atomic mass is 16.3. The summed E-state index contributed by atoms with van der Waals surface area (Å²) in [5.41, 5.74) is 1.82. The molecule has 96 valence electrons. The summed E-state index contributed by atoms with van der Waals surface area (Å²) in [5, 5.41) is 9.26. The number of carbonyl (C=O) groups is 1. The fourth-order valence-corrected chi connectivity index (χ4v) is 1.90. The van der Waals surface area contributed by atoms with Crippen LogP contribution in [-0.2, 0) is 11.3 Å². The van der Waals surface area contributed by atoms with E-state index in [4.69, 9.17) is 0 Å². The first-order valence-corrected chi connectivity index (χ1v) is 5.90. The van der Waals surface area contributed by atoms with Gasteiger partial charge in [0.05, 0.1) is 23.5 Å². The summed E-state index contributed by atoms with van der Waals surface area (Å²) in [6, 6.07) is 7.69. The predicted molar refractivity (Wildman–Crippen MR) is 69.1 cm³/mol. The first-order chi connectivity index (χ1) is 8.58. The Kier molecular flexibility index (Phi) is 3.62. The lowest BCUT2D eigenvalue weighted by Crippen LogP contribution is -2.35. The van der Waals surface area contributed by atoms with Crippen LogP contribution in [-0.4, -0.2) is 45.2 Å². The van der Waals surface area contributed by atoms with Gasteiger partial charge in [0, 0.05) is 13.6 Å². The van der Waals surface area contributed by atoms with Crippen LogP contribution in [0.2, 0.25) is 0 Å². The van der Waals surface area contributed by atoms with Crippen LogP contribution in [0.25, 0.3) is 11.0 Å². The molecule has 0 aliphatic rings. The van der Waals surface area contributed by atoms with E-state index in [1.807, 2.05) is 28.8 Å². The van der Waals surface area contributed by atoms with Gasteiger partial charge in [-0.3, -0.25) is 4.79 Å². The van der Waals surface area contributed by atoms with E-state index in [0.717, 1.165) is 11.0 Å². The third kappa shape index (κ3) is 2.68. The second-order valence-electron chi connectivity index (χ2n) is 4.48. The fourth-order valence-electron chi connectivity index (χ4n) is 1.90. The van der Waals surface area contributed by atoms with Gasteiger partial charge in [-0.25, -0.2) is 4.98 Å². The van der Waals surface area contributed by atoms with Crippen molar-refractivity contribution in [2.45, 2.75) is 19.6 Å². The van der Waals surface area contributed by atoms with Crippen LogP contribution < -0.4 is 0 Å². The predicted octanol–water partition coefficient (Wildman–Crippen LogP) is 0.875. The quantitative estimate of drug-likeness (QED) is 0.872. The highest BCUT2D eigenvalue weighted by molar-refractivity contribution is 5.80. The van der Waals surface area contributed by atoms with Gasteiger partial charge in [0.25, 0.3) is 0 Å². The Hall–Kier alpha value is -1.88. The maximum absolute atomic E-state index is 12.0. The molecule has 0 aliphatic heterocycles. The third-order valence-electron chi connectivity index (χ3n) is 2.80. The van der Waals surface area contributed by atoms with Gasteiger partial charge >= 0.3 is 0 Å². The van der Waals surface area contributed by atoms with Crippen molar-refractivity contribution in [3.8, 4) is 0 Å². The first-order valence-electron chi connectivity index (χ1n) is 5.90. The summed E-state index contributed by atoms with van der Waals surface area (Å²) >= 11 is 0. The smallest absolute Gasteiger partial charge is 0.242 e. The van der Waals surface area contributed by atoms with Crippen molar-refractivity contribution in [2.75, 3.05) is 13.6 Å². The number of aliphatic hydroxyl groups is 1. The Balaban J connectivity index is 2.12. The number of para-hydroxylation sites is 2. The molecule has 0 aliphatic carbocycles. The molecular weight excluding hydrogens is 230 g/mol. The molecule has 1 atom stereocenters. The summed E-state index contributed by atoms with van der Waals surface area (Å²) in [5.74, 6) is -0.0425. The topological polar surface area (TPSA) is 58.4 Å². The van der Waals surface area contributed by atoms with Gasteiger partial charge in [-0.2, -0.15) is 0 Å². The summed E-state index contributed by atoms with van der Waals surface area (Å²) in [6.45, 7) is 2.24. The zero-order valence-corrected chi connectivity index (χ0v) is 10.6. The second kappa shape index (κ2) is 5.18. The molecule has 0 spiro atoms. The van der Waals surface area contributed by atoms with Gasteiger partial charge < -0.3 is 14.6 Å². The number of amides is 1. The lowest BCUT2D eigenvalue weighted by atomic mass is 10.3. The molecule has 1 unspecified atom stereocenters. The van der Waals surface area contributed by atoms with E-state index in [2.05, 4.69) is 4.98 Å². The van der Waals surface area contributed by atoms with Crippen molar-refractivity contribution in [2.24, 2.45) is 0 Å². The fraction of sp³-hybridized carbons (Fsp3) is 0.385. The molecule has 2 aromatic rings. The Morgan fingerprint density at radius 2 is 2.22 bits per heavy atom. The first kappa shape index (κ1) is 12.6. The average molecular weight is 247 g/mol. The number of imidazole rings is 1. The minimum atomic E-state index is -0.515. The Labute approximate surface area is 106 Å². The van der Waals surface area contributed by atoms with E-state index in [-0.39, 0.29) is 12.5 Å². The number of hydrogen-bond donors (Lipinski definition) is 1. The van der Waals surface area contributed by atoms with Gasteiger partial charge in [0.2, 0.25) is 5.91 Å². The van der Waals surface area contributed by atoms with E-state index in [9.17, 15) is 9.90 Å². The molecule has 5 heteroatoms. The number of hydrogen-bond acceptors (Lipinski definition) is 3. The second-order valence-corrected chi connectivity index (χ2v) is 4.48. The van der Waals surface area contributed by atoms with E-state index < -0.39 is 6.10 Å². The lowest BCUT2D eigenvalue weighted by molar-refractivity contribution is -0.131. The van der Waals surface area contributed by atoms with Crippen molar-refractivity contribution < 1.29 is 9.90 Å². The van der Waals surface area contributed by atoms with Crippen LogP contribution in [0.4, 0.5) is 0 Å². The number of carbonyl (C=O) groups excluding carboxylic acids is 1. The molecule has 1 heterocycles. The summed E-state index contributed by atoms with van der Waals surface area (Å²) in [6.07, 6.45) is 1.15. The largest absolute Gasteiger partial charge is 0.392 e. The molecule has 0 radical (unpaired) electrons. The van der Waals surface area contributed by atoms with E-state index in [0.29, 0.717) is 6.54 Å². The number of aliphatic hydroxyl groups excluding tert-OH is 1. The summed E-state index contributed by atoms with van der Waals surface area (Å²) in [7, 11) is 1.69. The zero-order chi connectivity index (χ0) is 13.1. The van der Waals surface area contributed by atoms with Crippen LogP contribution >= 0.6 is 0 Å². The molecular formula is C13H17N3O2. The van der Waals surface area contributed by atoms with Crippen LogP contribution in [0.15, 0.2) is 30.6 Å². The molecule has 5 nitrogen and oxygen atoms in total. The lowest BCUT2D eigenvalue weighted by Gasteiger charge is -2.19. The van der Waals surface area contributed by atoms with E-state index in [1.165, 1.54) is 4.90 Å². The normalized spacial score (nSPS) is 12.6. The zero-order valence-electron chi connectivity index (χ0n) is 10.6. The van der Waals surface area contributed by atoms with Gasteiger partial charge in [-0.05, 0) is 19.1 Å². The van der Waals surface area contributed by atoms with Crippen molar-refractivity contribution in [1.82, 2.24) is 14.5 Å². The SMILES string of the molecule is CC(O)CN(C)C(=O)Cn1cnc2ccccc21. The van der Waals surface area contributed by atoms with Crippen LogP contribution in [0, 0.1) is 0 Å². The number of likely N-dealkylation sites (N-methyl/N-ethyl adjacent to an activating group) is 1. The average Bonchev–Trinajstić information content (AvgIpc) is 2.72. The van der Waals surface area contributed by atoms with E-state index in [1.54, 1.807) is 20.3 Å². The summed E-state index contributed by atoms with van der Waals surface area (Å²) < 4.78 is 1.82. The van der Waals surface area contributed by atoms with Gasteiger partial charge in [0.1, 0.15) is 6.54 Å². The molecule has 1 aromatic heterocycles. The molecule has 0 saturated carbocycles. The monoisotopic (exact) mass is 247 g/mol. The highest BCUT2D eigenvalue weighted by Crippen LogP contribution is 2.11.